The fourth-order valence-electron chi connectivity index (χ4n) is 4.22. The maximum atomic E-state index is 12.2. The summed E-state index contributed by atoms with van der Waals surface area (Å²) in [5, 5.41) is 19.4. The fourth-order valence-corrected chi connectivity index (χ4v) is 4.22. The van der Waals surface area contributed by atoms with Gasteiger partial charge in [0, 0.05) is 37.5 Å². The molecule has 0 amide bonds. The van der Waals surface area contributed by atoms with Crippen molar-refractivity contribution in [3.63, 3.8) is 0 Å². The number of aromatic hydroxyl groups is 1. The molecule has 23 heavy (non-hydrogen) atoms. The molecule has 0 radical (unpaired) electrons. The molecule has 0 spiro atoms. The Labute approximate surface area is 134 Å². The largest absolute Gasteiger partial charge is 0.504 e. The lowest BCUT2D eigenvalue weighted by molar-refractivity contribution is 0.0674. The third kappa shape index (κ3) is 2.52. The zero-order valence-corrected chi connectivity index (χ0v) is 12.9. The lowest BCUT2D eigenvalue weighted by Gasteiger charge is -2.38. The van der Waals surface area contributed by atoms with Gasteiger partial charge in [0.05, 0.1) is 5.69 Å². The van der Waals surface area contributed by atoms with Crippen molar-refractivity contribution in [3.8, 4) is 5.75 Å². The number of hydrogen-bond donors (Lipinski definition) is 2. The third-order valence-corrected chi connectivity index (χ3v) is 5.31. The van der Waals surface area contributed by atoms with Crippen LogP contribution in [-0.2, 0) is 6.54 Å². The monoisotopic (exact) mass is 315 g/mol. The van der Waals surface area contributed by atoms with E-state index in [1.165, 1.54) is 4.40 Å². The molecule has 2 aliphatic rings. The Morgan fingerprint density at radius 3 is 2.70 bits per heavy atom. The minimum Gasteiger partial charge on any atom is -0.504 e. The van der Waals surface area contributed by atoms with E-state index in [-0.39, 0.29) is 17.9 Å². The van der Waals surface area contributed by atoms with Gasteiger partial charge >= 0.3 is 0 Å². The van der Waals surface area contributed by atoms with E-state index in [1.54, 1.807) is 24.4 Å². The number of rotatable bonds is 3. The van der Waals surface area contributed by atoms with Gasteiger partial charge in [-0.15, -0.1) is 0 Å². The summed E-state index contributed by atoms with van der Waals surface area (Å²) in [6.45, 7) is 0.901. The number of piperidine rings is 1. The normalized spacial score (nSPS) is 27.6. The van der Waals surface area contributed by atoms with Crippen LogP contribution in [0.2, 0.25) is 0 Å². The van der Waals surface area contributed by atoms with E-state index in [2.05, 4.69) is 9.88 Å². The van der Waals surface area contributed by atoms with Gasteiger partial charge in [0.1, 0.15) is 0 Å². The summed E-state index contributed by atoms with van der Waals surface area (Å²) in [6.07, 6.45) is 5.96. The molecule has 4 rings (SSSR count). The summed E-state index contributed by atoms with van der Waals surface area (Å²) in [5.41, 5.74) is 0.849. The van der Waals surface area contributed by atoms with Crippen molar-refractivity contribution >= 4 is 5.65 Å². The molecule has 2 saturated heterocycles. The molecule has 0 saturated carbocycles. The molecule has 3 atom stereocenters. The molecule has 0 aromatic carbocycles. The van der Waals surface area contributed by atoms with E-state index in [9.17, 15) is 15.0 Å². The summed E-state index contributed by atoms with van der Waals surface area (Å²) >= 11 is 0. The third-order valence-electron chi connectivity index (χ3n) is 5.31. The van der Waals surface area contributed by atoms with Crippen molar-refractivity contribution in [2.24, 2.45) is 5.92 Å². The van der Waals surface area contributed by atoms with Crippen LogP contribution < -0.4 is 5.56 Å². The molecule has 2 aromatic rings. The number of hydrogen-bond acceptors (Lipinski definition) is 5. The Kier molecular flexibility index (Phi) is 3.58. The number of nitrogens with zero attached hydrogens (tertiary/aromatic N) is 3. The molecule has 6 heteroatoms. The number of pyridine rings is 1. The maximum absolute atomic E-state index is 12.2. The topological polar surface area (TPSA) is 78.1 Å². The molecule has 2 N–H and O–H groups in total. The smallest absolute Gasteiger partial charge is 0.258 e. The summed E-state index contributed by atoms with van der Waals surface area (Å²) in [4.78, 5) is 19.1. The van der Waals surface area contributed by atoms with Crippen LogP contribution in [0, 0.1) is 5.92 Å². The molecule has 1 unspecified atom stereocenters. The second-order valence-electron chi connectivity index (χ2n) is 6.75. The van der Waals surface area contributed by atoms with Gasteiger partial charge in [-0.3, -0.25) is 14.1 Å². The fraction of sp³-hybridized carbons (Fsp3) is 0.529. The molecule has 4 heterocycles. The summed E-state index contributed by atoms with van der Waals surface area (Å²) < 4.78 is 1.37. The van der Waals surface area contributed by atoms with Crippen LogP contribution in [0.25, 0.3) is 5.65 Å². The van der Waals surface area contributed by atoms with Gasteiger partial charge < -0.3 is 10.2 Å². The Bertz CT molecular complexity index is 774. The van der Waals surface area contributed by atoms with E-state index in [4.69, 9.17) is 0 Å². The zero-order valence-electron chi connectivity index (χ0n) is 12.9. The van der Waals surface area contributed by atoms with E-state index >= 15 is 0 Å². The predicted octanol–water partition coefficient (Wildman–Crippen LogP) is 1.14. The van der Waals surface area contributed by atoms with Crippen LogP contribution in [-0.4, -0.2) is 43.2 Å². The first-order valence-electron chi connectivity index (χ1n) is 8.22. The van der Waals surface area contributed by atoms with E-state index in [0.717, 1.165) is 25.7 Å². The maximum Gasteiger partial charge on any atom is 0.258 e. The van der Waals surface area contributed by atoms with Crippen molar-refractivity contribution < 1.29 is 10.2 Å². The predicted molar refractivity (Wildman–Crippen MR) is 85.3 cm³/mol. The number of aliphatic hydroxyl groups is 1. The Hall–Kier alpha value is -1.92. The molecule has 2 fully saturated rings. The SMILES string of the molecule is O=c1cc(CN2[C@@H]3CC[C@H]2CC(CO)C3)nc2c(O)cccn12. The number of fused-ring (bicyclic) bond motifs is 3. The summed E-state index contributed by atoms with van der Waals surface area (Å²) in [5.74, 6) is 0.427. The molecule has 2 aromatic heterocycles. The molecule has 0 aliphatic carbocycles. The molecule has 6 nitrogen and oxygen atoms in total. The number of aliphatic hydroxyl groups excluding tert-OH is 1. The first-order chi connectivity index (χ1) is 11.2. The second kappa shape index (κ2) is 5.62. The van der Waals surface area contributed by atoms with Crippen LogP contribution in [0.4, 0.5) is 0 Å². The first-order valence-corrected chi connectivity index (χ1v) is 8.22. The highest BCUT2D eigenvalue weighted by Gasteiger charge is 2.40. The van der Waals surface area contributed by atoms with Crippen molar-refractivity contribution in [1.29, 1.82) is 0 Å². The van der Waals surface area contributed by atoms with Gasteiger partial charge in [-0.2, -0.15) is 0 Å². The Morgan fingerprint density at radius 1 is 1.26 bits per heavy atom. The van der Waals surface area contributed by atoms with Crippen LogP contribution in [0.3, 0.4) is 0 Å². The second-order valence-corrected chi connectivity index (χ2v) is 6.75. The number of aromatic nitrogens is 2. The molecule has 2 bridgehead atoms. The van der Waals surface area contributed by atoms with E-state index < -0.39 is 0 Å². The van der Waals surface area contributed by atoms with Gasteiger partial charge in [-0.05, 0) is 43.7 Å². The summed E-state index contributed by atoms with van der Waals surface area (Å²) in [6, 6.07) is 5.67. The molecular weight excluding hydrogens is 294 g/mol. The van der Waals surface area contributed by atoms with Crippen LogP contribution >= 0.6 is 0 Å². The van der Waals surface area contributed by atoms with Crippen molar-refractivity contribution in [3.05, 3.63) is 40.4 Å². The van der Waals surface area contributed by atoms with Crippen LogP contribution in [0.1, 0.15) is 31.4 Å². The van der Waals surface area contributed by atoms with Crippen molar-refractivity contribution in [1.82, 2.24) is 14.3 Å². The highest BCUT2D eigenvalue weighted by Crippen LogP contribution is 2.39. The van der Waals surface area contributed by atoms with Gasteiger partial charge in [-0.1, -0.05) is 0 Å². The highest BCUT2D eigenvalue weighted by atomic mass is 16.3. The van der Waals surface area contributed by atoms with Gasteiger partial charge in [-0.25, -0.2) is 4.98 Å². The van der Waals surface area contributed by atoms with Gasteiger partial charge in [0.15, 0.2) is 11.4 Å². The van der Waals surface area contributed by atoms with Crippen LogP contribution in [0.15, 0.2) is 29.2 Å². The van der Waals surface area contributed by atoms with Gasteiger partial charge in [0.2, 0.25) is 0 Å². The minimum absolute atomic E-state index is 0.0217. The van der Waals surface area contributed by atoms with Crippen LogP contribution in [0.5, 0.6) is 5.75 Å². The van der Waals surface area contributed by atoms with E-state index in [0.29, 0.717) is 35.9 Å². The average molecular weight is 315 g/mol. The Morgan fingerprint density at radius 2 is 2.00 bits per heavy atom. The molecular formula is C17H21N3O3. The molecule has 122 valence electrons. The minimum atomic E-state index is -0.168. The van der Waals surface area contributed by atoms with Crippen molar-refractivity contribution in [2.75, 3.05) is 6.61 Å². The molecule has 2 aliphatic heterocycles. The van der Waals surface area contributed by atoms with Gasteiger partial charge in [0.25, 0.3) is 5.56 Å². The lowest BCUT2D eigenvalue weighted by atomic mass is 9.91. The average Bonchev–Trinajstić information content (AvgIpc) is 2.78. The van der Waals surface area contributed by atoms with E-state index in [1.807, 2.05) is 0 Å². The van der Waals surface area contributed by atoms with Crippen molar-refractivity contribution in [2.45, 2.75) is 44.3 Å². The first kappa shape index (κ1) is 14.7. The standard InChI is InChI=1S/C17H21N3O3/c21-10-11-6-13-3-4-14(7-11)20(13)9-12-8-16(23)19-5-1-2-15(22)17(19)18-12/h1-2,5,8,11,13-14,21-22H,3-4,6-7,9-10H2/t11?,13-,14+. The summed E-state index contributed by atoms with van der Waals surface area (Å²) in [7, 11) is 0. The lowest BCUT2D eigenvalue weighted by Crippen LogP contribution is -2.43. The quantitative estimate of drug-likeness (QED) is 0.888. The Balaban J connectivity index is 1.64. The highest BCUT2D eigenvalue weighted by molar-refractivity contribution is 5.52. The zero-order chi connectivity index (χ0) is 16.0.